The summed E-state index contributed by atoms with van der Waals surface area (Å²) in [4.78, 5) is 32.2. The van der Waals surface area contributed by atoms with E-state index >= 15 is 0 Å². The van der Waals surface area contributed by atoms with Gasteiger partial charge in [-0.2, -0.15) is 0 Å². The van der Waals surface area contributed by atoms with E-state index in [1.54, 1.807) is 0 Å². The van der Waals surface area contributed by atoms with Crippen LogP contribution in [0.3, 0.4) is 0 Å². The van der Waals surface area contributed by atoms with Crippen LogP contribution in [-0.2, 0) is 4.79 Å². The molecule has 1 saturated heterocycles. The van der Waals surface area contributed by atoms with E-state index in [2.05, 4.69) is 15.3 Å². The molecule has 108 valence electrons. The highest BCUT2D eigenvalue weighted by atomic mass is 16.4. The monoisotopic (exact) mass is 278 g/mol. The van der Waals surface area contributed by atoms with Gasteiger partial charge in [0.1, 0.15) is 5.82 Å². The first-order valence-corrected chi connectivity index (χ1v) is 6.74. The van der Waals surface area contributed by atoms with Crippen molar-refractivity contribution in [1.29, 1.82) is 0 Å². The first kappa shape index (κ1) is 14.2. The molecule has 0 saturated carbocycles. The lowest BCUT2D eigenvalue weighted by molar-refractivity contribution is -0.131. The number of carbonyl (C=O) groups excluding carboxylic acids is 1. The zero-order valence-corrected chi connectivity index (χ0v) is 11.2. The predicted octanol–water partition coefficient (Wildman–Crippen LogP) is 0.989. The molecule has 2 rings (SSSR count). The number of carboxylic acid groups (broad SMARTS) is 1. The molecule has 1 fully saturated rings. The van der Waals surface area contributed by atoms with E-state index in [9.17, 15) is 9.59 Å². The summed E-state index contributed by atoms with van der Waals surface area (Å²) in [5, 5.41) is 11.7. The number of amides is 1. The van der Waals surface area contributed by atoms with E-state index in [1.807, 2.05) is 4.90 Å². The number of nitrogens with one attached hydrogen (secondary N) is 1. The Labute approximate surface area is 117 Å². The number of likely N-dealkylation sites (tertiary alicyclic amines) is 1. The fraction of sp³-hybridized carbons (Fsp3) is 0.538. The van der Waals surface area contributed by atoms with Gasteiger partial charge < -0.3 is 15.3 Å². The van der Waals surface area contributed by atoms with Crippen LogP contribution in [0.15, 0.2) is 12.4 Å². The number of piperidine rings is 1. The summed E-state index contributed by atoms with van der Waals surface area (Å²) in [6, 6.07) is 0. The van der Waals surface area contributed by atoms with E-state index < -0.39 is 5.97 Å². The number of hydrogen-bond donors (Lipinski definition) is 2. The molecule has 1 amide bonds. The second-order valence-corrected chi connectivity index (χ2v) is 4.71. The van der Waals surface area contributed by atoms with Gasteiger partial charge in [0.05, 0.1) is 12.4 Å². The second kappa shape index (κ2) is 6.83. The van der Waals surface area contributed by atoms with Gasteiger partial charge in [0.25, 0.3) is 0 Å². The van der Waals surface area contributed by atoms with Crippen molar-refractivity contribution in [2.45, 2.75) is 25.7 Å². The molecule has 1 aromatic heterocycles. The van der Waals surface area contributed by atoms with Crippen LogP contribution in [0.25, 0.3) is 0 Å². The number of carbonyl (C=O) groups is 2. The molecular weight excluding hydrogens is 260 g/mol. The maximum Gasteiger partial charge on any atom is 0.356 e. The van der Waals surface area contributed by atoms with Gasteiger partial charge in [-0.25, -0.2) is 9.78 Å². The molecular formula is C13H18N4O3. The van der Waals surface area contributed by atoms with Crippen LogP contribution in [0.1, 0.15) is 36.2 Å². The van der Waals surface area contributed by atoms with Crippen LogP contribution < -0.4 is 5.32 Å². The molecule has 7 nitrogen and oxygen atoms in total. The molecule has 0 atom stereocenters. The normalized spacial score (nSPS) is 14.9. The number of rotatable bonds is 5. The van der Waals surface area contributed by atoms with E-state index in [1.165, 1.54) is 18.8 Å². The average molecular weight is 278 g/mol. The van der Waals surface area contributed by atoms with Crippen LogP contribution in [-0.4, -0.2) is 51.5 Å². The summed E-state index contributed by atoms with van der Waals surface area (Å²) >= 11 is 0. The lowest BCUT2D eigenvalue weighted by Crippen LogP contribution is -2.36. The van der Waals surface area contributed by atoms with Gasteiger partial charge in [0.15, 0.2) is 5.69 Å². The number of nitrogens with zero attached hydrogens (tertiary/aromatic N) is 3. The Morgan fingerprint density at radius 1 is 1.25 bits per heavy atom. The molecule has 7 heteroatoms. The van der Waals surface area contributed by atoms with Crippen molar-refractivity contribution < 1.29 is 14.7 Å². The third-order valence-electron chi connectivity index (χ3n) is 3.21. The highest BCUT2D eigenvalue weighted by Crippen LogP contribution is 2.10. The molecule has 0 bridgehead atoms. The van der Waals surface area contributed by atoms with Crippen molar-refractivity contribution in [3.63, 3.8) is 0 Å². The molecule has 0 radical (unpaired) electrons. The summed E-state index contributed by atoms with van der Waals surface area (Å²) in [5.74, 6) is -0.624. The number of aromatic carboxylic acids is 1. The van der Waals surface area contributed by atoms with Gasteiger partial charge in [-0.1, -0.05) is 0 Å². The molecule has 20 heavy (non-hydrogen) atoms. The number of hydrogen-bond acceptors (Lipinski definition) is 5. The molecule has 2 heterocycles. The Morgan fingerprint density at radius 3 is 2.70 bits per heavy atom. The maximum absolute atomic E-state index is 11.9. The fourth-order valence-corrected chi connectivity index (χ4v) is 2.15. The van der Waals surface area contributed by atoms with Crippen molar-refractivity contribution >= 4 is 17.7 Å². The van der Waals surface area contributed by atoms with Gasteiger partial charge in [-0.05, 0) is 19.3 Å². The number of carboxylic acids is 1. The summed E-state index contributed by atoms with van der Waals surface area (Å²) in [5.41, 5.74) is -0.114. The molecule has 1 aromatic rings. The van der Waals surface area contributed by atoms with Crippen LogP contribution >= 0.6 is 0 Å². The van der Waals surface area contributed by atoms with Gasteiger partial charge in [0, 0.05) is 26.1 Å². The Balaban J connectivity index is 1.79. The minimum atomic E-state index is -1.12. The Bertz CT molecular complexity index is 486. The SMILES string of the molecule is O=C(O)c1cncc(NCCC(=O)N2CCCCC2)n1. The summed E-state index contributed by atoms with van der Waals surface area (Å²) < 4.78 is 0. The minimum absolute atomic E-state index is 0.114. The quantitative estimate of drug-likeness (QED) is 0.834. The van der Waals surface area contributed by atoms with Crippen molar-refractivity contribution in [3.8, 4) is 0 Å². The van der Waals surface area contributed by atoms with Crippen molar-refractivity contribution in [3.05, 3.63) is 18.1 Å². The van der Waals surface area contributed by atoms with Gasteiger partial charge in [-0.3, -0.25) is 9.78 Å². The van der Waals surface area contributed by atoms with Crippen molar-refractivity contribution in [2.24, 2.45) is 0 Å². The highest BCUT2D eigenvalue weighted by Gasteiger charge is 2.15. The molecule has 2 N–H and O–H groups in total. The molecule has 0 aliphatic carbocycles. The summed E-state index contributed by atoms with van der Waals surface area (Å²) in [6.45, 7) is 2.10. The van der Waals surface area contributed by atoms with Gasteiger partial charge >= 0.3 is 5.97 Å². The largest absolute Gasteiger partial charge is 0.476 e. The summed E-state index contributed by atoms with van der Waals surface area (Å²) in [6.07, 6.45) is 6.35. The maximum atomic E-state index is 11.9. The molecule has 0 aromatic carbocycles. The van der Waals surface area contributed by atoms with E-state index in [0.29, 0.717) is 18.8 Å². The zero-order valence-electron chi connectivity index (χ0n) is 11.2. The van der Waals surface area contributed by atoms with Crippen LogP contribution in [0, 0.1) is 0 Å². The Kier molecular flexibility index (Phi) is 4.86. The first-order chi connectivity index (χ1) is 9.66. The standard InChI is InChI=1S/C13H18N4O3/c18-12(17-6-2-1-3-7-17)4-5-15-11-9-14-8-10(16-11)13(19)20/h8-9H,1-7H2,(H,15,16)(H,19,20). The third-order valence-corrected chi connectivity index (χ3v) is 3.21. The lowest BCUT2D eigenvalue weighted by Gasteiger charge is -2.26. The molecule has 0 unspecified atom stereocenters. The average Bonchev–Trinajstić information content (AvgIpc) is 2.48. The van der Waals surface area contributed by atoms with E-state index in [4.69, 9.17) is 5.11 Å². The lowest BCUT2D eigenvalue weighted by atomic mass is 10.1. The van der Waals surface area contributed by atoms with Gasteiger partial charge in [0.2, 0.25) is 5.91 Å². The van der Waals surface area contributed by atoms with E-state index in [-0.39, 0.29) is 11.6 Å². The van der Waals surface area contributed by atoms with Crippen LogP contribution in [0.2, 0.25) is 0 Å². The molecule has 0 spiro atoms. The number of anilines is 1. The second-order valence-electron chi connectivity index (χ2n) is 4.71. The zero-order chi connectivity index (χ0) is 14.4. The van der Waals surface area contributed by atoms with Crippen LogP contribution in [0.5, 0.6) is 0 Å². The smallest absolute Gasteiger partial charge is 0.356 e. The van der Waals surface area contributed by atoms with E-state index in [0.717, 1.165) is 25.9 Å². The first-order valence-electron chi connectivity index (χ1n) is 6.74. The van der Waals surface area contributed by atoms with Crippen molar-refractivity contribution in [2.75, 3.05) is 25.0 Å². The Hall–Kier alpha value is -2.18. The summed E-state index contributed by atoms with van der Waals surface area (Å²) in [7, 11) is 0. The van der Waals surface area contributed by atoms with Crippen molar-refractivity contribution in [1.82, 2.24) is 14.9 Å². The third kappa shape index (κ3) is 3.91. The van der Waals surface area contributed by atoms with Crippen LogP contribution in [0.4, 0.5) is 5.82 Å². The Morgan fingerprint density at radius 2 is 2.00 bits per heavy atom. The topological polar surface area (TPSA) is 95.4 Å². The predicted molar refractivity (Wildman–Crippen MR) is 72.5 cm³/mol. The fourth-order valence-electron chi connectivity index (χ4n) is 2.15. The highest BCUT2D eigenvalue weighted by molar-refractivity contribution is 5.85. The molecule has 1 aliphatic rings. The number of aromatic nitrogens is 2. The minimum Gasteiger partial charge on any atom is -0.476 e. The molecule has 1 aliphatic heterocycles. The van der Waals surface area contributed by atoms with Gasteiger partial charge in [-0.15, -0.1) is 0 Å².